The minimum absolute atomic E-state index is 0.183. The lowest BCUT2D eigenvalue weighted by atomic mass is 9.91. The number of rotatable bonds is 2. The van der Waals surface area contributed by atoms with E-state index in [9.17, 15) is 4.79 Å². The van der Waals surface area contributed by atoms with Gasteiger partial charge in [-0.15, -0.1) is 10.2 Å². The molecule has 0 fully saturated rings. The normalized spacial score (nSPS) is 11.6. The summed E-state index contributed by atoms with van der Waals surface area (Å²) < 4.78 is 1.67. The second-order valence-corrected chi connectivity index (χ2v) is 3.81. The molecule has 0 N–H and O–H groups in total. The number of nitrogens with zero attached hydrogens (tertiary/aromatic N) is 3. The van der Waals surface area contributed by atoms with E-state index in [0.717, 1.165) is 0 Å². The number of carbonyl (C=O) groups excluding carboxylic acids is 1. The lowest BCUT2D eigenvalue weighted by Crippen LogP contribution is -2.24. The molecule has 0 aromatic carbocycles. The van der Waals surface area contributed by atoms with Gasteiger partial charge in [0, 0.05) is 5.41 Å². The molecule has 0 aliphatic heterocycles. The van der Waals surface area contributed by atoms with E-state index in [1.165, 1.54) is 0 Å². The van der Waals surface area contributed by atoms with Crippen LogP contribution in [0.3, 0.4) is 0 Å². The van der Waals surface area contributed by atoms with Gasteiger partial charge in [0.2, 0.25) is 0 Å². The van der Waals surface area contributed by atoms with Crippen molar-refractivity contribution in [2.24, 2.45) is 5.41 Å². The number of Topliss-reactive ketones (excluding diaryl/α,β-unsaturated/α-hetero) is 1. The molecule has 66 valence electrons. The van der Waals surface area contributed by atoms with Crippen LogP contribution in [0.15, 0.2) is 12.7 Å². The molecule has 0 bridgehead atoms. The Morgan fingerprint density at radius 3 is 2.25 bits per heavy atom. The molecule has 1 aromatic rings. The van der Waals surface area contributed by atoms with Gasteiger partial charge >= 0.3 is 0 Å². The Kier molecular flexibility index (Phi) is 2.26. The summed E-state index contributed by atoms with van der Waals surface area (Å²) in [5.41, 5.74) is -0.287. The third-order valence-corrected chi connectivity index (χ3v) is 1.63. The minimum atomic E-state index is -0.287. The molecule has 0 amide bonds. The highest BCUT2D eigenvalue weighted by Gasteiger charge is 2.20. The molecule has 1 aromatic heterocycles. The first kappa shape index (κ1) is 8.90. The molecule has 0 atom stereocenters. The van der Waals surface area contributed by atoms with Crippen LogP contribution in [0.5, 0.6) is 0 Å². The summed E-state index contributed by atoms with van der Waals surface area (Å²) in [5.74, 6) is 0.183. The molecule has 0 saturated heterocycles. The summed E-state index contributed by atoms with van der Waals surface area (Å²) in [7, 11) is 0. The smallest absolute Gasteiger partial charge is 0.157 e. The van der Waals surface area contributed by atoms with E-state index in [1.807, 2.05) is 20.8 Å². The number of hydrogen-bond donors (Lipinski definition) is 0. The number of aromatic nitrogens is 3. The van der Waals surface area contributed by atoms with Crippen molar-refractivity contribution >= 4 is 5.78 Å². The molecular weight excluding hydrogens is 154 g/mol. The first-order valence-electron chi connectivity index (χ1n) is 3.86. The van der Waals surface area contributed by atoms with E-state index in [4.69, 9.17) is 0 Å². The van der Waals surface area contributed by atoms with Crippen LogP contribution < -0.4 is 0 Å². The highest BCUT2D eigenvalue weighted by atomic mass is 16.1. The Morgan fingerprint density at radius 2 is 1.83 bits per heavy atom. The zero-order chi connectivity index (χ0) is 9.19. The average Bonchev–Trinajstić information content (AvgIpc) is 2.37. The monoisotopic (exact) mass is 167 g/mol. The highest BCUT2D eigenvalue weighted by molar-refractivity contribution is 5.83. The lowest BCUT2D eigenvalue weighted by molar-refractivity contribution is -0.126. The van der Waals surface area contributed by atoms with Gasteiger partial charge in [0.05, 0.1) is 6.54 Å². The summed E-state index contributed by atoms with van der Waals surface area (Å²) in [6.45, 7) is 6.07. The summed E-state index contributed by atoms with van der Waals surface area (Å²) in [6.07, 6.45) is 3.09. The van der Waals surface area contributed by atoms with E-state index < -0.39 is 0 Å². The number of hydrogen-bond acceptors (Lipinski definition) is 3. The molecule has 0 spiro atoms. The van der Waals surface area contributed by atoms with E-state index >= 15 is 0 Å². The van der Waals surface area contributed by atoms with Crippen LogP contribution in [0.1, 0.15) is 20.8 Å². The quantitative estimate of drug-likeness (QED) is 0.657. The maximum atomic E-state index is 11.5. The van der Waals surface area contributed by atoms with Gasteiger partial charge in [-0.1, -0.05) is 20.8 Å². The molecule has 1 heterocycles. The Hall–Kier alpha value is -1.19. The van der Waals surface area contributed by atoms with Gasteiger partial charge in [-0.3, -0.25) is 4.79 Å². The topological polar surface area (TPSA) is 47.8 Å². The second-order valence-electron chi connectivity index (χ2n) is 3.81. The molecular formula is C8H13N3O. The van der Waals surface area contributed by atoms with Crippen LogP contribution in [0.2, 0.25) is 0 Å². The fourth-order valence-electron chi connectivity index (χ4n) is 0.707. The number of ketones is 1. The van der Waals surface area contributed by atoms with E-state index in [-0.39, 0.29) is 11.2 Å². The minimum Gasteiger partial charge on any atom is -0.313 e. The van der Waals surface area contributed by atoms with Crippen molar-refractivity contribution in [1.29, 1.82) is 0 Å². The predicted molar refractivity (Wildman–Crippen MR) is 44.5 cm³/mol. The van der Waals surface area contributed by atoms with Crippen molar-refractivity contribution in [3.8, 4) is 0 Å². The Morgan fingerprint density at radius 1 is 1.33 bits per heavy atom. The van der Waals surface area contributed by atoms with Crippen LogP contribution in [0.4, 0.5) is 0 Å². The zero-order valence-corrected chi connectivity index (χ0v) is 7.61. The van der Waals surface area contributed by atoms with Crippen LogP contribution in [-0.4, -0.2) is 20.5 Å². The molecule has 0 radical (unpaired) electrons. The fraction of sp³-hybridized carbons (Fsp3) is 0.625. The van der Waals surface area contributed by atoms with Crippen LogP contribution >= 0.6 is 0 Å². The zero-order valence-electron chi connectivity index (χ0n) is 7.61. The summed E-state index contributed by atoms with van der Waals surface area (Å²) in [6, 6.07) is 0. The van der Waals surface area contributed by atoms with Crippen LogP contribution in [0, 0.1) is 5.41 Å². The summed E-state index contributed by atoms with van der Waals surface area (Å²) >= 11 is 0. The SMILES string of the molecule is CC(C)(C)C(=O)Cn1cnnc1. The van der Waals surface area contributed by atoms with Gasteiger partial charge in [0.1, 0.15) is 12.7 Å². The van der Waals surface area contributed by atoms with Crippen molar-refractivity contribution in [3.63, 3.8) is 0 Å². The maximum absolute atomic E-state index is 11.5. The van der Waals surface area contributed by atoms with Gasteiger partial charge in [-0.05, 0) is 0 Å². The average molecular weight is 167 g/mol. The van der Waals surface area contributed by atoms with Crippen molar-refractivity contribution in [1.82, 2.24) is 14.8 Å². The molecule has 1 rings (SSSR count). The summed E-state index contributed by atoms with van der Waals surface area (Å²) in [4.78, 5) is 11.5. The molecule has 0 aliphatic rings. The van der Waals surface area contributed by atoms with Crippen molar-refractivity contribution in [3.05, 3.63) is 12.7 Å². The second kappa shape index (κ2) is 3.05. The van der Waals surface area contributed by atoms with Gasteiger partial charge < -0.3 is 4.57 Å². The van der Waals surface area contributed by atoms with Gasteiger partial charge in [0.25, 0.3) is 0 Å². The van der Waals surface area contributed by atoms with E-state index in [0.29, 0.717) is 6.54 Å². The molecule has 0 aliphatic carbocycles. The highest BCUT2D eigenvalue weighted by Crippen LogP contribution is 2.15. The first-order valence-corrected chi connectivity index (χ1v) is 3.86. The van der Waals surface area contributed by atoms with Crippen molar-refractivity contribution < 1.29 is 4.79 Å². The maximum Gasteiger partial charge on any atom is 0.157 e. The summed E-state index contributed by atoms with van der Waals surface area (Å²) in [5, 5.41) is 7.24. The molecule has 4 heteroatoms. The molecule has 0 unspecified atom stereocenters. The molecule has 4 nitrogen and oxygen atoms in total. The lowest BCUT2D eigenvalue weighted by Gasteiger charge is -2.15. The van der Waals surface area contributed by atoms with Crippen molar-refractivity contribution in [2.75, 3.05) is 0 Å². The Bertz CT molecular complexity index is 258. The standard InChI is InChI=1S/C8H13N3O/c1-8(2,3)7(12)4-11-5-9-10-6-11/h5-6H,4H2,1-3H3. The Labute approximate surface area is 71.6 Å². The largest absolute Gasteiger partial charge is 0.313 e. The van der Waals surface area contributed by atoms with E-state index in [2.05, 4.69) is 10.2 Å². The van der Waals surface area contributed by atoms with E-state index in [1.54, 1.807) is 17.2 Å². The molecule has 12 heavy (non-hydrogen) atoms. The third kappa shape index (κ3) is 2.15. The third-order valence-electron chi connectivity index (χ3n) is 1.63. The first-order chi connectivity index (χ1) is 5.50. The Balaban J connectivity index is 2.60. The van der Waals surface area contributed by atoms with Crippen LogP contribution in [0.25, 0.3) is 0 Å². The van der Waals surface area contributed by atoms with Gasteiger partial charge in [-0.25, -0.2) is 0 Å². The fourth-order valence-corrected chi connectivity index (χ4v) is 0.707. The van der Waals surface area contributed by atoms with Crippen molar-refractivity contribution in [2.45, 2.75) is 27.3 Å². The predicted octanol–water partition coefficient (Wildman–Crippen LogP) is 0.893. The van der Waals surface area contributed by atoms with Gasteiger partial charge in [-0.2, -0.15) is 0 Å². The van der Waals surface area contributed by atoms with Crippen LogP contribution in [-0.2, 0) is 11.3 Å². The van der Waals surface area contributed by atoms with Gasteiger partial charge in [0.15, 0.2) is 5.78 Å². The molecule has 0 saturated carbocycles. The number of carbonyl (C=O) groups is 1.